The van der Waals surface area contributed by atoms with E-state index in [1.165, 1.54) is 14.0 Å². The van der Waals surface area contributed by atoms with E-state index in [4.69, 9.17) is 41.9 Å². The van der Waals surface area contributed by atoms with Gasteiger partial charge in [0, 0.05) is 0 Å². The van der Waals surface area contributed by atoms with E-state index in [9.17, 15) is 40.5 Å². The Bertz CT molecular complexity index is 940. The molecule has 16 N–H and O–H groups in total. The van der Waals surface area contributed by atoms with Gasteiger partial charge in [-0.1, -0.05) is 0 Å². The van der Waals surface area contributed by atoms with Crippen LogP contribution in [0.1, 0.15) is 6.92 Å². The van der Waals surface area contributed by atoms with Gasteiger partial charge in [0.1, 0.15) is 60.9 Å². The number of carbonyl (C=O) groups excluding carboxylic acids is 1. The average Bonchev–Trinajstić information content (AvgIpc) is 3.13. The third kappa shape index (κ3) is 6.00. The van der Waals surface area contributed by atoms with Crippen LogP contribution < -0.4 is 28.3 Å². The van der Waals surface area contributed by atoms with Gasteiger partial charge in [-0.25, -0.2) is 9.98 Å². The molecule has 0 aromatic rings. The van der Waals surface area contributed by atoms with Crippen LogP contribution in [0.2, 0.25) is 0 Å². The molecule has 0 bridgehead atoms. The number of ether oxygens (including phenoxy) is 4. The molecule has 6 unspecified atom stereocenters. The lowest BCUT2D eigenvalue weighted by Crippen LogP contribution is -2.66. The van der Waals surface area contributed by atoms with Gasteiger partial charge >= 0.3 is 0 Å². The highest BCUT2D eigenvalue weighted by Gasteiger charge is 2.60. The fourth-order valence-electron chi connectivity index (χ4n) is 5.08. The van der Waals surface area contributed by atoms with Gasteiger partial charge in [0.2, 0.25) is 0 Å². The van der Waals surface area contributed by atoms with Crippen LogP contribution in [0.4, 0.5) is 0 Å². The summed E-state index contributed by atoms with van der Waals surface area (Å²) in [4.78, 5) is 19.7. The van der Waals surface area contributed by atoms with Gasteiger partial charge in [-0.3, -0.25) is 4.79 Å². The molecule has 15 atom stereocenters. The molecule has 19 heteroatoms. The summed E-state index contributed by atoms with van der Waals surface area (Å²) in [6.07, 6.45) is -17.3. The number of likely N-dealkylation sites (N-methyl/N-ethyl adjacent to an activating group) is 1. The first kappa shape index (κ1) is 32.2. The Morgan fingerprint density at radius 3 is 2.02 bits per heavy atom. The molecule has 1 saturated carbocycles. The number of aliphatic hydroxyl groups is 7. The monoisotopic (exact) mass is 581 g/mol. The van der Waals surface area contributed by atoms with E-state index in [0.717, 1.165) is 0 Å². The highest BCUT2D eigenvalue weighted by molar-refractivity contribution is 5.76. The second-order valence-corrected chi connectivity index (χ2v) is 9.89. The number of nitrogens with two attached hydrogens (primary N) is 4. The Balaban J connectivity index is 1.96. The molecular formula is C21H39N7O12. The van der Waals surface area contributed by atoms with Crippen LogP contribution in [0, 0.1) is 0 Å². The number of nitrogens with one attached hydrogen (secondary N) is 1. The zero-order valence-corrected chi connectivity index (χ0v) is 21.7. The molecule has 0 aromatic heterocycles. The normalized spacial score (nSPS) is 47.4. The van der Waals surface area contributed by atoms with Crippen molar-refractivity contribution >= 4 is 18.2 Å². The molecule has 0 aromatic carbocycles. The van der Waals surface area contributed by atoms with E-state index in [2.05, 4.69) is 15.3 Å². The van der Waals surface area contributed by atoms with Crippen LogP contribution in [0.3, 0.4) is 0 Å². The van der Waals surface area contributed by atoms with Crippen molar-refractivity contribution in [3.05, 3.63) is 0 Å². The van der Waals surface area contributed by atoms with Crippen molar-refractivity contribution in [1.29, 1.82) is 0 Å². The minimum absolute atomic E-state index is 0.140. The summed E-state index contributed by atoms with van der Waals surface area (Å²) in [6.45, 7) is 0.620. The maximum absolute atomic E-state index is 12.1. The van der Waals surface area contributed by atoms with E-state index in [-0.39, 0.29) is 6.29 Å². The van der Waals surface area contributed by atoms with Gasteiger partial charge in [-0.2, -0.15) is 0 Å². The van der Waals surface area contributed by atoms with E-state index in [1.807, 2.05) is 0 Å². The Hall–Kier alpha value is -2.27. The summed E-state index contributed by atoms with van der Waals surface area (Å²) in [5, 5.41) is 76.6. The summed E-state index contributed by atoms with van der Waals surface area (Å²) in [5.74, 6) is -1.03. The summed E-state index contributed by atoms with van der Waals surface area (Å²) >= 11 is 0. The average molecular weight is 582 g/mol. The molecule has 2 heterocycles. The molecular weight excluding hydrogens is 542 g/mol. The van der Waals surface area contributed by atoms with Crippen molar-refractivity contribution in [3.63, 3.8) is 0 Å². The zero-order valence-electron chi connectivity index (χ0n) is 21.7. The molecule has 1 aliphatic carbocycles. The van der Waals surface area contributed by atoms with Crippen LogP contribution in [0.5, 0.6) is 0 Å². The summed E-state index contributed by atoms with van der Waals surface area (Å²) in [7, 11) is 1.42. The molecule has 40 heavy (non-hydrogen) atoms. The van der Waals surface area contributed by atoms with Crippen molar-refractivity contribution in [2.75, 3.05) is 13.7 Å². The predicted molar refractivity (Wildman–Crippen MR) is 133 cm³/mol. The number of rotatable bonds is 9. The topological polar surface area (TPSA) is 336 Å². The highest BCUT2D eigenvalue weighted by atomic mass is 16.8. The van der Waals surface area contributed by atoms with Crippen molar-refractivity contribution in [1.82, 2.24) is 5.32 Å². The third-order valence-corrected chi connectivity index (χ3v) is 7.34. The lowest BCUT2D eigenvalue weighted by molar-refractivity contribution is -0.314. The van der Waals surface area contributed by atoms with Crippen molar-refractivity contribution in [2.45, 2.75) is 98.2 Å². The van der Waals surface area contributed by atoms with Gasteiger partial charge in [-0.15, -0.1) is 0 Å². The van der Waals surface area contributed by atoms with Crippen LogP contribution in [-0.4, -0.2) is 159 Å². The zero-order chi connectivity index (χ0) is 30.1. The summed E-state index contributed by atoms with van der Waals surface area (Å²) < 4.78 is 22.9. The number of hydrogen-bond donors (Lipinski definition) is 12. The molecule has 3 fully saturated rings. The number of nitrogens with zero attached hydrogens (tertiary/aromatic N) is 2. The number of carbonyl (C=O) groups is 1. The molecule has 0 amide bonds. The first-order valence-corrected chi connectivity index (χ1v) is 12.4. The van der Waals surface area contributed by atoms with Crippen molar-refractivity contribution < 1.29 is 59.5 Å². The number of aliphatic imine (C=N–C) groups is 2. The van der Waals surface area contributed by atoms with Crippen molar-refractivity contribution in [2.24, 2.45) is 32.9 Å². The first-order valence-electron chi connectivity index (χ1n) is 12.4. The SMILES string of the molecule is CNC1[C@H](OC2[C@H](O[C@@H]3C(O)[C@H](O)C(N=C(N)N)C(O)[C@@H]3N=C(N)N)O[C@H](C)[C@@]2(O)C=O)OC(CO)[C@H](O)[C@@H]1O. The molecule has 0 spiro atoms. The maximum Gasteiger partial charge on any atom is 0.188 e. The number of hydrogen-bond acceptors (Lipinski definition) is 15. The van der Waals surface area contributed by atoms with Crippen LogP contribution in [0.25, 0.3) is 0 Å². The lowest BCUT2D eigenvalue weighted by Gasteiger charge is -2.45. The Morgan fingerprint density at radius 2 is 1.50 bits per heavy atom. The number of guanidine groups is 2. The Labute approximate surface area is 228 Å². The van der Waals surface area contributed by atoms with E-state index in [0.29, 0.717) is 0 Å². The molecule has 2 aliphatic heterocycles. The molecule has 3 aliphatic rings. The summed E-state index contributed by atoms with van der Waals surface area (Å²) in [6, 6.07) is -4.08. The van der Waals surface area contributed by atoms with E-state index in [1.54, 1.807) is 0 Å². The van der Waals surface area contributed by atoms with Gasteiger partial charge < -0.3 is 82.9 Å². The van der Waals surface area contributed by atoms with Crippen molar-refractivity contribution in [3.8, 4) is 0 Å². The number of aldehydes is 1. The third-order valence-electron chi connectivity index (χ3n) is 7.34. The lowest BCUT2D eigenvalue weighted by atomic mass is 9.81. The maximum atomic E-state index is 12.1. The van der Waals surface area contributed by atoms with Gasteiger partial charge in [-0.05, 0) is 14.0 Å². The predicted octanol–water partition coefficient (Wildman–Crippen LogP) is -8.16. The smallest absolute Gasteiger partial charge is 0.188 e. The highest BCUT2D eigenvalue weighted by Crippen LogP contribution is 2.38. The Kier molecular flexibility index (Phi) is 10.2. The molecule has 3 rings (SSSR count). The number of aliphatic hydroxyl groups excluding tert-OH is 6. The largest absolute Gasteiger partial charge is 0.394 e. The van der Waals surface area contributed by atoms with Gasteiger partial charge in [0.25, 0.3) is 0 Å². The van der Waals surface area contributed by atoms with Crippen LogP contribution >= 0.6 is 0 Å². The second-order valence-electron chi connectivity index (χ2n) is 9.89. The molecule has 2 saturated heterocycles. The van der Waals surface area contributed by atoms with Gasteiger partial charge in [0.15, 0.2) is 36.4 Å². The van der Waals surface area contributed by atoms with E-state index >= 15 is 0 Å². The van der Waals surface area contributed by atoms with Gasteiger partial charge in [0.05, 0.1) is 18.8 Å². The Morgan fingerprint density at radius 1 is 0.900 bits per heavy atom. The minimum Gasteiger partial charge on any atom is -0.394 e. The first-order chi connectivity index (χ1) is 18.7. The second kappa shape index (κ2) is 12.7. The van der Waals surface area contributed by atoms with Crippen LogP contribution in [0.15, 0.2) is 9.98 Å². The van der Waals surface area contributed by atoms with E-state index < -0.39 is 110 Å². The quantitative estimate of drug-likeness (QED) is 0.0682. The molecule has 19 nitrogen and oxygen atoms in total. The fourth-order valence-corrected chi connectivity index (χ4v) is 5.08. The molecule has 230 valence electrons. The summed E-state index contributed by atoms with van der Waals surface area (Å²) in [5.41, 5.74) is 19.4. The molecule has 0 radical (unpaired) electrons. The van der Waals surface area contributed by atoms with Crippen LogP contribution in [-0.2, 0) is 23.7 Å². The standard InChI is InChI=1S/C21H39N7O12/c1-5-21(36,4-30)16(40-17-9(26-2)13(34)10(31)6(3-29)38-17)18(37-5)39-15-8(28-20(24)25)11(32)7(27-19(22)23)12(33)14(15)35/h4-18,26,29,31-36H,3H2,1-2H3,(H4,22,23,27)(H4,24,25,28)/t5-,6?,7?,8+,9?,10+,11?,12-,13-,14?,15+,16?,17+,18+,21+/m1/s1. The fraction of sp³-hybridized carbons (Fsp3) is 0.857. The minimum atomic E-state index is -2.38.